The van der Waals surface area contributed by atoms with Gasteiger partial charge >= 0.3 is 0 Å². The summed E-state index contributed by atoms with van der Waals surface area (Å²) in [6, 6.07) is 9.93. The molecule has 0 unspecified atom stereocenters. The lowest BCUT2D eigenvalue weighted by Gasteiger charge is -2.36. The Labute approximate surface area is 172 Å². The minimum atomic E-state index is 0.507. The lowest BCUT2D eigenvalue weighted by atomic mass is 9.92. The number of nitrogens with one attached hydrogen (secondary N) is 2. The highest BCUT2D eigenvalue weighted by Gasteiger charge is 2.23. The van der Waals surface area contributed by atoms with Crippen LogP contribution in [0.5, 0.6) is 5.75 Å². The molecule has 0 aliphatic carbocycles. The third-order valence-electron chi connectivity index (χ3n) is 4.87. The van der Waals surface area contributed by atoms with Crippen LogP contribution in [0.4, 0.5) is 11.8 Å². The average molecular weight is 400 g/mol. The highest BCUT2D eigenvalue weighted by atomic mass is 32.1. The molecule has 0 saturated carbocycles. The van der Waals surface area contributed by atoms with Crippen molar-refractivity contribution in [3.8, 4) is 5.75 Å². The van der Waals surface area contributed by atoms with Gasteiger partial charge in [-0.15, -0.1) is 0 Å². The van der Waals surface area contributed by atoms with Crippen LogP contribution in [-0.2, 0) is 6.54 Å². The summed E-state index contributed by atoms with van der Waals surface area (Å²) in [5, 5.41) is 6.83. The quantitative estimate of drug-likeness (QED) is 0.742. The first-order valence-corrected chi connectivity index (χ1v) is 10.1. The van der Waals surface area contributed by atoms with Crippen LogP contribution in [0.2, 0.25) is 0 Å². The number of benzene rings is 1. The molecule has 1 aromatic carbocycles. The minimum absolute atomic E-state index is 0.507. The number of hydrogen-bond donors (Lipinski definition) is 2. The SMILES string of the molecule is COc1ccc(CNC(=S)Nc2nc(C)cc(N3C[C@H](C)C[C@@H](C)C3)n2)cc1. The zero-order valence-corrected chi connectivity index (χ0v) is 17.8. The van der Waals surface area contributed by atoms with Gasteiger partial charge in [-0.2, -0.15) is 4.98 Å². The summed E-state index contributed by atoms with van der Waals surface area (Å²) in [7, 11) is 1.66. The van der Waals surface area contributed by atoms with Crippen molar-refractivity contribution in [1.82, 2.24) is 15.3 Å². The van der Waals surface area contributed by atoms with Crippen LogP contribution in [0, 0.1) is 18.8 Å². The molecule has 7 heteroatoms. The normalized spacial score (nSPS) is 19.2. The van der Waals surface area contributed by atoms with Crippen LogP contribution in [0.3, 0.4) is 0 Å². The van der Waals surface area contributed by atoms with E-state index >= 15 is 0 Å². The van der Waals surface area contributed by atoms with Crippen molar-refractivity contribution in [2.24, 2.45) is 11.8 Å². The second-order valence-corrected chi connectivity index (χ2v) is 8.11. The van der Waals surface area contributed by atoms with Crippen molar-refractivity contribution >= 4 is 29.1 Å². The molecule has 1 aromatic heterocycles. The highest BCUT2D eigenvalue weighted by molar-refractivity contribution is 7.80. The number of aryl methyl sites for hydroxylation is 1. The summed E-state index contributed by atoms with van der Waals surface area (Å²) in [4.78, 5) is 11.5. The van der Waals surface area contributed by atoms with Gasteiger partial charge in [0, 0.05) is 31.4 Å². The molecule has 1 fully saturated rings. The van der Waals surface area contributed by atoms with E-state index in [2.05, 4.69) is 34.4 Å². The van der Waals surface area contributed by atoms with Crippen LogP contribution in [0.15, 0.2) is 30.3 Å². The van der Waals surface area contributed by atoms with E-state index in [1.54, 1.807) is 7.11 Å². The van der Waals surface area contributed by atoms with E-state index in [0.29, 0.717) is 29.4 Å². The topological polar surface area (TPSA) is 62.3 Å². The molecule has 6 nitrogen and oxygen atoms in total. The summed E-state index contributed by atoms with van der Waals surface area (Å²) >= 11 is 5.42. The summed E-state index contributed by atoms with van der Waals surface area (Å²) in [6.07, 6.45) is 1.27. The fraction of sp³-hybridized carbons (Fsp3) is 0.476. The summed E-state index contributed by atoms with van der Waals surface area (Å²) in [5.74, 6) is 3.68. The number of ether oxygens (including phenoxy) is 1. The molecule has 0 bridgehead atoms. The molecule has 2 aromatic rings. The Morgan fingerprint density at radius 1 is 1.18 bits per heavy atom. The van der Waals surface area contributed by atoms with E-state index in [0.717, 1.165) is 35.9 Å². The van der Waals surface area contributed by atoms with Crippen LogP contribution in [-0.4, -0.2) is 35.3 Å². The molecule has 2 atom stereocenters. The van der Waals surface area contributed by atoms with E-state index in [-0.39, 0.29) is 0 Å². The molecule has 28 heavy (non-hydrogen) atoms. The third-order valence-corrected chi connectivity index (χ3v) is 5.12. The van der Waals surface area contributed by atoms with Crippen LogP contribution >= 0.6 is 12.2 Å². The molecular weight excluding hydrogens is 370 g/mol. The zero-order chi connectivity index (χ0) is 20.1. The third kappa shape index (κ3) is 5.55. The Morgan fingerprint density at radius 3 is 2.50 bits per heavy atom. The van der Waals surface area contributed by atoms with Crippen molar-refractivity contribution in [2.75, 3.05) is 30.4 Å². The lowest BCUT2D eigenvalue weighted by molar-refractivity contribution is 0.355. The maximum absolute atomic E-state index is 5.42. The van der Waals surface area contributed by atoms with Gasteiger partial charge in [0.1, 0.15) is 11.6 Å². The summed E-state index contributed by atoms with van der Waals surface area (Å²) < 4.78 is 5.18. The zero-order valence-electron chi connectivity index (χ0n) is 17.0. The van der Waals surface area contributed by atoms with Crippen molar-refractivity contribution in [2.45, 2.75) is 33.7 Å². The van der Waals surface area contributed by atoms with Gasteiger partial charge in [-0.3, -0.25) is 0 Å². The van der Waals surface area contributed by atoms with E-state index in [1.165, 1.54) is 6.42 Å². The molecule has 2 N–H and O–H groups in total. The number of hydrogen-bond acceptors (Lipinski definition) is 5. The smallest absolute Gasteiger partial charge is 0.231 e. The van der Waals surface area contributed by atoms with Crippen molar-refractivity contribution in [3.63, 3.8) is 0 Å². The summed E-state index contributed by atoms with van der Waals surface area (Å²) in [5.41, 5.74) is 2.04. The highest BCUT2D eigenvalue weighted by Crippen LogP contribution is 2.26. The van der Waals surface area contributed by atoms with Gasteiger partial charge < -0.3 is 20.3 Å². The van der Waals surface area contributed by atoms with Gasteiger partial charge in [0.25, 0.3) is 0 Å². The van der Waals surface area contributed by atoms with Crippen molar-refractivity contribution in [3.05, 3.63) is 41.6 Å². The number of anilines is 2. The molecule has 0 radical (unpaired) electrons. The molecule has 1 aliphatic rings. The maximum atomic E-state index is 5.42. The van der Waals surface area contributed by atoms with Gasteiger partial charge in [0.15, 0.2) is 5.11 Å². The van der Waals surface area contributed by atoms with E-state index in [9.17, 15) is 0 Å². The number of aromatic nitrogens is 2. The van der Waals surface area contributed by atoms with Gasteiger partial charge in [0.2, 0.25) is 5.95 Å². The predicted molar refractivity (Wildman–Crippen MR) is 118 cm³/mol. The number of piperidine rings is 1. The fourth-order valence-electron chi connectivity index (χ4n) is 3.69. The largest absolute Gasteiger partial charge is 0.497 e. The Morgan fingerprint density at radius 2 is 1.86 bits per heavy atom. The first-order valence-electron chi connectivity index (χ1n) is 9.71. The van der Waals surface area contributed by atoms with E-state index in [4.69, 9.17) is 21.9 Å². The molecule has 1 aliphatic heterocycles. The second-order valence-electron chi connectivity index (χ2n) is 7.70. The number of thiocarbonyl (C=S) groups is 1. The van der Waals surface area contributed by atoms with Crippen LogP contribution < -0.4 is 20.3 Å². The van der Waals surface area contributed by atoms with E-state index in [1.807, 2.05) is 37.3 Å². The first-order chi connectivity index (χ1) is 13.4. The van der Waals surface area contributed by atoms with Gasteiger partial charge in [-0.05, 0) is 55.1 Å². The van der Waals surface area contributed by atoms with Crippen LogP contribution in [0.1, 0.15) is 31.5 Å². The first kappa shape index (κ1) is 20.3. The van der Waals surface area contributed by atoms with Gasteiger partial charge in [0.05, 0.1) is 7.11 Å². The summed E-state index contributed by atoms with van der Waals surface area (Å²) in [6.45, 7) is 9.26. The minimum Gasteiger partial charge on any atom is -0.497 e. The van der Waals surface area contributed by atoms with Crippen LogP contribution in [0.25, 0.3) is 0 Å². The van der Waals surface area contributed by atoms with Crippen molar-refractivity contribution < 1.29 is 4.74 Å². The standard InChI is InChI=1S/C21H29N5OS/c1-14-9-15(2)13-26(12-14)19-10-16(3)23-20(24-19)25-21(28)22-11-17-5-7-18(27-4)8-6-17/h5-8,10,14-15H,9,11-13H2,1-4H3,(H2,22,23,24,25,28)/t14-,15-/m1/s1. The molecule has 0 amide bonds. The fourth-order valence-corrected chi connectivity index (χ4v) is 3.85. The molecule has 3 rings (SSSR count). The van der Waals surface area contributed by atoms with Crippen molar-refractivity contribution in [1.29, 1.82) is 0 Å². The Kier molecular flexibility index (Phi) is 6.67. The lowest BCUT2D eigenvalue weighted by Crippen LogP contribution is -2.39. The second kappa shape index (κ2) is 9.19. The van der Waals surface area contributed by atoms with E-state index < -0.39 is 0 Å². The predicted octanol–water partition coefficient (Wildman–Crippen LogP) is 3.76. The molecule has 0 spiro atoms. The molecular formula is C21H29N5OS. The monoisotopic (exact) mass is 399 g/mol. The Bertz CT molecular complexity index is 801. The Hall–Kier alpha value is -2.41. The number of rotatable bonds is 5. The Balaban J connectivity index is 1.61. The number of nitrogens with zero attached hydrogens (tertiary/aromatic N) is 3. The van der Waals surface area contributed by atoms with Gasteiger partial charge in [-0.25, -0.2) is 4.98 Å². The molecule has 2 heterocycles. The van der Waals surface area contributed by atoms with Gasteiger partial charge in [-0.1, -0.05) is 26.0 Å². The molecule has 150 valence electrons. The molecule has 1 saturated heterocycles. The number of methoxy groups -OCH3 is 1. The maximum Gasteiger partial charge on any atom is 0.231 e. The average Bonchev–Trinajstić information content (AvgIpc) is 2.65.